The van der Waals surface area contributed by atoms with Gasteiger partial charge in [-0.2, -0.15) is 5.26 Å². The van der Waals surface area contributed by atoms with Gasteiger partial charge in [-0.15, -0.1) is 0 Å². The minimum Gasteiger partial charge on any atom is -0.382 e. The van der Waals surface area contributed by atoms with Gasteiger partial charge in [0.25, 0.3) is 0 Å². The summed E-state index contributed by atoms with van der Waals surface area (Å²) in [7, 11) is 1.67. The van der Waals surface area contributed by atoms with Crippen molar-refractivity contribution in [2.24, 2.45) is 0 Å². The molecule has 0 amide bonds. The lowest BCUT2D eigenvalue weighted by atomic mass is 10.2. The van der Waals surface area contributed by atoms with Gasteiger partial charge in [-0.3, -0.25) is 9.80 Å². The van der Waals surface area contributed by atoms with Crippen LogP contribution in [0.3, 0.4) is 0 Å². The Morgan fingerprint density at radius 2 is 1.62 bits per heavy atom. The summed E-state index contributed by atoms with van der Waals surface area (Å²) >= 11 is 0. The van der Waals surface area contributed by atoms with E-state index in [0.717, 1.165) is 45.8 Å². The number of ether oxygens (including phenoxy) is 3. The van der Waals surface area contributed by atoms with E-state index in [1.54, 1.807) is 7.11 Å². The van der Waals surface area contributed by atoms with Crippen molar-refractivity contribution in [2.45, 2.75) is 19.4 Å². The molecule has 0 bridgehead atoms. The van der Waals surface area contributed by atoms with Gasteiger partial charge in [0.05, 0.1) is 45.1 Å². The molecule has 1 heterocycles. The highest BCUT2D eigenvalue weighted by Gasteiger charge is 2.21. The second-order valence-electron chi connectivity index (χ2n) is 5.15. The van der Waals surface area contributed by atoms with Crippen molar-refractivity contribution >= 4 is 0 Å². The van der Waals surface area contributed by atoms with Gasteiger partial charge >= 0.3 is 0 Å². The molecule has 1 saturated heterocycles. The third-order valence-electron chi connectivity index (χ3n) is 3.74. The van der Waals surface area contributed by atoms with Crippen LogP contribution in [0.1, 0.15) is 13.3 Å². The maximum Gasteiger partial charge on any atom is 0.0976 e. The van der Waals surface area contributed by atoms with Crippen LogP contribution in [0.25, 0.3) is 0 Å². The molecule has 0 N–H and O–H groups in total. The van der Waals surface area contributed by atoms with Gasteiger partial charge in [-0.1, -0.05) is 6.92 Å². The van der Waals surface area contributed by atoms with Crippen LogP contribution >= 0.6 is 0 Å². The number of nitriles is 1. The molecule has 1 unspecified atom stereocenters. The Balaban J connectivity index is 1.97. The van der Waals surface area contributed by atoms with Crippen molar-refractivity contribution in [3.8, 4) is 6.07 Å². The zero-order valence-corrected chi connectivity index (χ0v) is 13.4. The van der Waals surface area contributed by atoms with Crippen LogP contribution < -0.4 is 0 Å². The third kappa shape index (κ3) is 7.74. The second kappa shape index (κ2) is 11.9. The van der Waals surface area contributed by atoms with Crippen molar-refractivity contribution in [3.63, 3.8) is 0 Å². The van der Waals surface area contributed by atoms with Crippen LogP contribution in [0.5, 0.6) is 0 Å². The average Bonchev–Trinajstić information content (AvgIpc) is 2.52. The summed E-state index contributed by atoms with van der Waals surface area (Å²) in [4.78, 5) is 4.67. The Labute approximate surface area is 128 Å². The van der Waals surface area contributed by atoms with E-state index in [9.17, 15) is 0 Å². The predicted octanol–water partition coefficient (Wildman–Crippen LogP) is 0.586. The highest BCUT2D eigenvalue weighted by atomic mass is 16.5. The van der Waals surface area contributed by atoms with E-state index in [1.807, 2.05) is 0 Å². The summed E-state index contributed by atoms with van der Waals surface area (Å²) in [5.74, 6) is 0. The standard InChI is InChI=1S/C15H29N3O3/c1-3-15(14-16)18-6-4-17(5-7-18)8-9-20-12-13-21-11-10-19-2/h15H,3-13H2,1-2H3. The minimum absolute atomic E-state index is 0.0765. The topological polar surface area (TPSA) is 58.0 Å². The lowest BCUT2D eigenvalue weighted by Gasteiger charge is -2.36. The van der Waals surface area contributed by atoms with Crippen LogP contribution in [0.4, 0.5) is 0 Å². The Bertz CT molecular complexity index is 288. The van der Waals surface area contributed by atoms with Gasteiger partial charge in [-0.25, -0.2) is 0 Å². The lowest BCUT2D eigenvalue weighted by molar-refractivity contribution is 0.0149. The molecule has 6 heteroatoms. The Morgan fingerprint density at radius 3 is 2.19 bits per heavy atom. The fourth-order valence-electron chi connectivity index (χ4n) is 2.39. The van der Waals surface area contributed by atoms with E-state index >= 15 is 0 Å². The molecule has 6 nitrogen and oxygen atoms in total. The van der Waals surface area contributed by atoms with E-state index in [-0.39, 0.29) is 6.04 Å². The van der Waals surface area contributed by atoms with Crippen molar-refractivity contribution in [1.29, 1.82) is 5.26 Å². The minimum atomic E-state index is 0.0765. The summed E-state index contributed by atoms with van der Waals surface area (Å²) in [5, 5.41) is 9.08. The van der Waals surface area contributed by atoms with E-state index in [2.05, 4.69) is 22.8 Å². The smallest absolute Gasteiger partial charge is 0.0976 e. The zero-order chi connectivity index (χ0) is 15.3. The fourth-order valence-corrected chi connectivity index (χ4v) is 2.39. The summed E-state index contributed by atoms with van der Waals surface area (Å²) < 4.78 is 15.8. The average molecular weight is 299 g/mol. The Kier molecular flexibility index (Phi) is 10.4. The van der Waals surface area contributed by atoms with E-state index in [1.165, 1.54) is 0 Å². The number of hydrogen-bond donors (Lipinski definition) is 0. The number of methoxy groups -OCH3 is 1. The molecule has 1 fully saturated rings. The lowest BCUT2D eigenvalue weighted by Crippen LogP contribution is -2.50. The molecule has 0 aromatic heterocycles. The monoisotopic (exact) mass is 299 g/mol. The molecule has 21 heavy (non-hydrogen) atoms. The fraction of sp³-hybridized carbons (Fsp3) is 0.933. The quantitative estimate of drug-likeness (QED) is 0.520. The number of nitrogens with zero attached hydrogens (tertiary/aromatic N) is 3. The van der Waals surface area contributed by atoms with Gasteiger partial charge in [-0.05, 0) is 6.42 Å². The Morgan fingerprint density at radius 1 is 1.00 bits per heavy atom. The molecule has 0 aromatic carbocycles. The van der Waals surface area contributed by atoms with Crippen molar-refractivity contribution in [1.82, 2.24) is 9.80 Å². The van der Waals surface area contributed by atoms with Crippen LogP contribution in [0.2, 0.25) is 0 Å². The van der Waals surface area contributed by atoms with Crippen molar-refractivity contribution in [3.05, 3.63) is 0 Å². The molecule has 1 atom stereocenters. The SMILES string of the molecule is CCC(C#N)N1CCN(CCOCCOCCOC)CC1. The van der Waals surface area contributed by atoms with E-state index in [4.69, 9.17) is 19.5 Å². The molecule has 122 valence electrons. The van der Waals surface area contributed by atoms with Gasteiger partial charge < -0.3 is 14.2 Å². The predicted molar refractivity (Wildman–Crippen MR) is 81.2 cm³/mol. The maximum absolute atomic E-state index is 9.08. The molecule has 0 spiro atoms. The first kappa shape index (κ1) is 18.3. The van der Waals surface area contributed by atoms with Crippen LogP contribution in [-0.2, 0) is 14.2 Å². The number of rotatable bonds is 11. The van der Waals surface area contributed by atoms with Crippen molar-refractivity contribution in [2.75, 3.05) is 72.9 Å². The molecule has 0 radical (unpaired) electrons. The summed E-state index contributed by atoms with van der Waals surface area (Å²) in [6, 6.07) is 2.45. The first-order chi connectivity index (χ1) is 10.3. The normalized spacial score (nSPS) is 18.5. The van der Waals surface area contributed by atoms with Crippen LogP contribution in [0, 0.1) is 11.3 Å². The molecule has 0 aliphatic carbocycles. The highest BCUT2D eigenvalue weighted by Crippen LogP contribution is 2.08. The largest absolute Gasteiger partial charge is 0.382 e. The maximum atomic E-state index is 9.08. The molecule has 1 rings (SSSR count). The van der Waals surface area contributed by atoms with Gasteiger partial charge in [0, 0.05) is 39.8 Å². The number of hydrogen-bond acceptors (Lipinski definition) is 6. The first-order valence-corrected chi connectivity index (χ1v) is 7.82. The Hall–Kier alpha value is -0.710. The zero-order valence-electron chi connectivity index (χ0n) is 13.4. The van der Waals surface area contributed by atoms with Gasteiger partial charge in [0.15, 0.2) is 0 Å². The molecule has 0 aromatic rings. The van der Waals surface area contributed by atoms with E-state index in [0.29, 0.717) is 26.4 Å². The molecular weight excluding hydrogens is 270 g/mol. The summed E-state index contributed by atoms with van der Waals surface area (Å²) in [6.07, 6.45) is 0.905. The molecule has 1 aliphatic heterocycles. The molecule has 0 saturated carbocycles. The molecular formula is C15H29N3O3. The first-order valence-electron chi connectivity index (χ1n) is 7.82. The highest BCUT2D eigenvalue weighted by molar-refractivity contribution is 4.92. The summed E-state index contributed by atoms with van der Waals surface area (Å²) in [6.45, 7) is 10.3. The van der Waals surface area contributed by atoms with Crippen LogP contribution in [0.15, 0.2) is 0 Å². The van der Waals surface area contributed by atoms with Crippen molar-refractivity contribution < 1.29 is 14.2 Å². The second-order valence-corrected chi connectivity index (χ2v) is 5.15. The van der Waals surface area contributed by atoms with E-state index < -0.39 is 0 Å². The molecule has 1 aliphatic rings. The summed E-state index contributed by atoms with van der Waals surface area (Å²) in [5.41, 5.74) is 0. The third-order valence-corrected chi connectivity index (χ3v) is 3.74. The van der Waals surface area contributed by atoms with Crippen LogP contribution in [-0.4, -0.2) is 88.7 Å². The number of piperazine rings is 1. The van der Waals surface area contributed by atoms with Gasteiger partial charge in [0.1, 0.15) is 0 Å². The van der Waals surface area contributed by atoms with Gasteiger partial charge in [0.2, 0.25) is 0 Å².